The van der Waals surface area contributed by atoms with Crippen LogP contribution in [0.15, 0.2) is 72.9 Å². The van der Waals surface area contributed by atoms with E-state index < -0.39 is 6.10 Å². The van der Waals surface area contributed by atoms with Crippen LogP contribution in [0, 0.1) is 0 Å². The molecule has 0 bridgehead atoms. The summed E-state index contributed by atoms with van der Waals surface area (Å²) in [4.78, 5) is 38.0. The lowest BCUT2D eigenvalue weighted by Gasteiger charge is -2.18. The van der Waals surface area contributed by atoms with Crippen molar-refractivity contribution in [3.05, 3.63) is 72.9 Å². The Balaban J connectivity index is 4.26. The van der Waals surface area contributed by atoms with E-state index >= 15 is 0 Å². The zero-order chi connectivity index (χ0) is 48.6. The Hall–Kier alpha value is -3.15. The molecule has 0 aromatic carbocycles. The third-order valence-electron chi connectivity index (χ3n) is 12.2. The molecule has 0 fully saturated rings. The smallest absolute Gasteiger partial charge is 0.306 e. The molecule has 67 heavy (non-hydrogen) atoms. The van der Waals surface area contributed by atoms with Gasteiger partial charge in [0.15, 0.2) is 6.10 Å². The molecule has 0 aliphatic heterocycles. The lowest BCUT2D eigenvalue weighted by atomic mass is 10.1. The Labute approximate surface area is 414 Å². The standard InChI is InChI=1S/C61H106O6/c1-4-7-10-13-16-19-21-23-25-27-29-30-31-32-33-35-36-38-40-42-45-48-51-54-60(63)66-57-58(56-65-59(62)53-50-47-44-18-15-12-9-6-3)67-61(64)55-52-49-46-43-41-39-37-34-28-26-24-22-20-17-14-11-8-5-2/h7,10,16,19,23,25-26,28-30,32-33,58H,4-6,8-9,11-15,17-18,20-22,24,27,31,34-57H2,1-3H3/b10-7-,19-16-,25-23-,28-26-,30-29-,33-32-. The topological polar surface area (TPSA) is 78.9 Å². The number of ether oxygens (including phenoxy) is 3. The molecule has 1 unspecified atom stereocenters. The summed E-state index contributed by atoms with van der Waals surface area (Å²) in [7, 11) is 0. The predicted octanol–water partition coefficient (Wildman–Crippen LogP) is 19.0. The first-order valence-electron chi connectivity index (χ1n) is 28.4. The van der Waals surface area contributed by atoms with E-state index in [-0.39, 0.29) is 31.1 Å². The Morgan fingerprint density at radius 3 is 0.925 bits per heavy atom. The second kappa shape index (κ2) is 55.4. The number of carbonyl (C=O) groups is 3. The third kappa shape index (κ3) is 53.7. The van der Waals surface area contributed by atoms with Crippen molar-refractivity contribution in [2.45, 2.75) is 284 Å². The van der Waals surface area contributed by atoms with E-state index in [1.54, 1.807) is 0 Å². The molecule has 0 aliphatic carbocycles. The van der Waals surface area contributed by atoms with E-state index in [1.807, 2.05) is 0 Å². The summed E-state index contributed by atoms with van der Waals surface area (Å²) in [6, 6.07) is 0. The van der Waals surface area contributed by atoms with Gasteiger partial charge >= 0.3 is 17.9 Å². The minimum absolute atomic E-state index is 0.0791. The minimum Gasteiger partial charge on any atom is -0.462 e. The first kappa shape index (κ1) is 63.8. The van der Waals surface area contributed by atoms with Crippen LogP contribution in [0.25, 0.3) is 0 Å². The second-order valence-electron chi connectivity index (χ2n) is 18.8. The van der Waals surface area contributed by atoms with E-state index in [1.165, 1.54) is 141 Å². The Kier molecular flexibility index (Phi) is 52.8. The second-order valence-corrected chi connectivity index (χ2v) is 18.8. The van der Waals surface area contributed by atoms with Gasteiger partial charge in [-0.05, 0) is 89.9 Å². The van der Waals surface area contributed by atoms with Crippen molar-refractivity contribution in [2.75, 3.05) is 13.2 Å². The molecular weight excluding hydrogens is 829 g/mol. The fourth-order valence-electron chi connectivity index (χ4n) is 7.93. The molecule has 1 atom stereocenters. The Bertz CT molecular complexity index is 1260. The highest BCUT2D eigenvalue weighted by atomic mass is 16.6. The zero-order valence-electron chi connectivity index (χ0n) is 44.2. The number of allylic oxidation sites excluding steroid dienone is 12. The first-order valence-corrected chi connectivity index (χ1v) is 28.4. The highest BCUT2D eigenvalue weighted by Gasteiger charge is 2.19. The van der Waals surface area contributed by atoms with Crippen LogP contribution in [0.1, 0.15) is 278 Å². The van der Waals surface area contributed by atoms with Gasteiger partial charge in [-0.25, -0.2) is 0 Å². The maximum absolute atomic E-state index is 12.8. The maximum atomic E-state index is 12.8. The van der Waals surface area contributed by atoms with Crippen LogP contribution >= 0.6 is 0 Å². The van der Waals surface area contributed by atoms with E-state index in [4.69, 9.17) is 14.2 Å². The van der Waals surface area contributed by atoms with Crippen LogP contribution in [0.5, 0.6) is 0 Å². The van der Waals surface area contributed by atoms with E-state index in [2.05, 4.69) is 93.7 Å². The maximum Gasteiger partial charge on any atom is 0.306 e. The van der Waals surface area contributed by atoms with Crippen molar-refractivity contribution >= 4 is 17.9 Å². The molecule has 386 valence electrons. The van der Waals surface area contributed by atoms with Gasteiger partial charge in [0.05, 0.1) is 0 Å². The Morgan fingerprint density at radius 2 is 0.582 bits per heavy atom. The summed E-state index contributed by atoms with van der Waals surface area (Å²) < 4.78 is 16.8. The van der Waals surface area contributed by atoms with Crippen LogP contribution in [-0.2, 0) is 28.6 Å². The van der Waals surface area contributed by atoms with Gasteiger partial charge in [-0.3, -0.25) is 14.4 Å². The Morgan fingerprint density at radius 1 is 0.313 bits per heavy atom. The highest BCUT2D eigenvalue weighted by Crippen LogP contribution is 2.15. The number of rotatable bonds is 51. The van der Waals surface area contributed by atoms with Crippen LogP contribution in [-0.4, -0.2) is 37.2 Å². The summed E-state index contributed by atoms with van der Waals surface area (Å²) in [6.07, 6.45) is 70.4. The van der Waals surface area contributed by atoms with E-state index in [9.17, 15) is 14.4 Å². The monoisotopic (exact) mass is 935 g/mol. The number of unbranched alkanes of at least 4 members (excludes halogenated alkanes) is 28. The molecule has 0 aliphatic rings. The summed E-state index contributed by atoms with van der Waals surface area (Å²) in [6.45, 7) is 6.50. The average molecular weight is 936 g/mol. The first-order chi connectivity index (χ1) is 33.0. The average Bonchev–Trinajstić information content (AvgIpc) is 3.33. The van der Waals surface area contributed by atoms with Crippen molar-refractivity contribution in [1.29, 1.82) is 0 Å². The van der Waals surface area contributed by atoms with Crippen LogP contribution < -0.4 is 0 Å². The molecule has 0 rings (SSSR count). The largest absolute Gasteiger partial charge is 0.462 e. The lowest BCUT2D eigenvalue weighted by Crippen LogP contribution is -2.30. The predicted molar refractivity (Wildman–Crippen MR) is 288 cm³/mol. The van der Waals surface area contributed by atoms with Crippen molar-refractivity contribution in [3.8, 4) is 0 Å². The fourth-order valence-corrected chi connectivity index (χ4v) is 7.93. The number of carbonyl (C=O) groups excluding carboxylic acids is 3. The quantitative estimate of drug-likeness (QED) is 0.0262. The fraction of sp³-hybridized carbons (Fsp3) is 0.754. The minimum atomic E-state index is -0.779. The molecule has 0 saturated carbocycles. The molecule has 0 N–H and O–H groups in total. The van der Waals surface area contributed by atoms with E-state index in [0.717, 1.165) is 96.3 Å². The van der Waals surface area contributed by atoms with Gasteiger partial charge < -0.3 is 14.2 Å². The van der Waals surface area contributed by atoms with Gasteiger partial charge in [0, 0.05) is 19.3 Å². The van der Waals surface area contributed by atoms with Crippen LogP contribution in [0.2, 0.25) is 0 Å². The van der Waals surface area contributed by atoms with Gasteiger partial charge in [0.2, 0.25) is 0 Å². The van der Waals surface area contributed by atoms with Gasteiger partial charge in [0.25, 0.3) is 0 Å². The van der Waals surface area contributed by atoms with Crippen molar-refractivity contribution in [1.82, 2.24) is 0 Å². The van der Waals surface area contributed by atoms with Gasteiger partial charge in [-0.15, -0.1) is 0 Å². The summed E-state index contributed by atoms with van der Waals surface area (Å²) >= 11 is 0. The molecule has 6 nitrogen and oxygen atoms in total. The molecule has 0 radical (unpaired) electrons. The highest BCUT2D eigenvalue weighted by molar-refractivity contribution is 5.71. The lowest BCUT2D eigenvalue weighted by molar-refractivity contribution is -0.167. The van der Waals surface area contributed by atoms with Crippen molar-refractivity contribution in [2.24, 2.45) is 0 Å². The van der Waals surface area contributed by atoms with Gasteiger partial charge in [0.1, 0.15) is 13.2 Å². The third-order valence-corrected chi connectivity index (χ3v) is 12.2. The van der Waals surface area contributed by atoms with Gasteiger partial charge in [-0.2, -0.15) is 0 Å². The zero-order valence-corrected chi connectivity index (χ0v) is 44.2. The SMILES string of the molecule is CC/C=C\C/C=C\C/C=C\C/C=C\C/C=C\CCCCCCCCCC(=O)OCC(COC(=O)CCCCCCCCCC)OC(=O)CCCCCCCCC/C=C\CCCCCCCCC. The molecule has 0 saturated heterocycles. The number of hydrogen-bond acceptors (Lipinski definition) is 6. The van der Waals surface area contributed by atoms with Crippen LogP contribution in [0.3, 0.4) is 0 Å². The van der Waals surface area contributed by atoms with Crippen molar-refractivity contribution < 1.29 is 28.6 Å². The molecular formula is C61H106O6. The molecule has 0 amide bonds. The van der Waals surface area contributed by atoms with E-state index in [0.29, 0.717) is 19.3 Å². The summed E-state index contributed by atoms with van der Waals surface area (Å²) in [5, 5.41) is 0. The molecule has 6 heteroatoms. The molecule has 0 aromatic rings. The normalized spacial score (nSPS) is 12.6. The van der Waals surface area contributed by atoms with Crippen LogP contribution in [0.4, 0.5) is 0 Å². The number of hydrogen-bond donors (Lipinski definition) is 0. The molecule has 0 spiro atoms. The van der Waals surface area contributed by atoms with Crippen molar-refractivity contribution in [3.63, 3.8) is 0 Å². The summed E-state index contributed by atoms with van der Waals surface area (Å²) in [5.74, 6) is -0.892. The summed E-state index contributed by atoms with van der Waals surface area (Å²) in [5.41, 5.74) is 0. The van der Waals surface area contributed by atoms with Gasteiger partial charge in [-0.1, -0.05) is 241 Å². The molecule has 0 aromatic heterocycles. The number of esters is 3. The molecule has 0 heterocycles.